The van der Waals surface area contributed by atoms with E-state index in [1.807, 2.05) is 36.4 Å². The molecule has 4 nitrogen and oxygen atoms in total. The van der Waals surface area contributed by atoms with Crippen LogP contribution in [0.4, 0.5) is 0 Å². The molecule has 0 fully saturated rings. The summed E-state index contributed by atoms with van der Waals surface area (Å²) in [6, 6.07) is 11.2. The predicted octanol–water partition coefficient (Wildman–Crippen LogP) is 3.28. The molecule has 1 atom stereocenters. The maximum atomic E-state index is 12.5. The van der Waals surface area contributed by atoms with E-state index in [2.05, 4.69) is 0 Å². The Morgan fingerprint density at radius 2 is 1.81 bits per heavy atom. The molecule has 0 amide bonds. The molecular formula is C16H14O4S. The van der Waals surface area contributed by atoms with Crippen LogP contribution >= 0.6 is 11.3 Å². The fraction of sp³-hybridized carbons (Fsp3) is 0.188. The van der Waals surface area contributed by atoms with Crippen molar-refractivity contribution in [1.29, 1.82) is 0 Å². The Morgan fingerprint density at radius 1 is 1.14 bits per heavy atom. The van der Waals surface area contributed by atoms with E-state index in [-0.39, 0.29) is 6.42 Å². The van der Waals surface area contributed by atoms with Crippen molar-refractivity contribution >= 4 is 28.9 Å². The van der Waals surface area contributed by atoms with Crippen molar-refractivity contribution in [2.45, 2.75) is 13.3 Å². The minimum atomic E-state index is -1.56. The zero-order valence-electron chi connectivity index (χ0n) is 11.4. The highest BCUT2D eigenvalue weighted by Crippen LogP contribution is 2.31. The molecule has 0 aliphatic rings. The van der Waals surface area contributed by atoms with Crippen molar-refractivity contribution in [1.82, 2.24) is 0 Å². The van der Waals surface area contributed by atoms with Crippen molar-refractivity contribution in [2.75, 3.05) is 0 Å². The van der Waals surface area contributed by atoms with Crippen molar-refractivity contribution in [3.8, 4) is 11.1 Å². The molecule has 1 aromatic heterocycles. The van der Waals surface area contributed by atoms with Crippen molar-refractivity contribution < 1.29 is 19.5 Å². The average molecular weight is 302 g/mol. The normalized spacial score (nSPS) is 11.9. The SMILES string of the molecule is CCC(C(=O)C(=O)O)C(=O)c1sccc1-c1ccccc1. The molecule has 0 bridgehead atoms. The van der Waals surface area contributed by atoms with Gasteiger partial charge in [0.25, 0.3) is 5.78 Å². The fourth-order valence-corrected chi connectivity index (χ4v) is 3.05. The Hall–Kier alpha value is -2.27. The minimum absolute atomic E-state index is 0.177. The molecule has 2 aromatic rings. The third kappa shape index (κ3) is 3.08. The van der Waals surface area contributed by atoms with E-state index in [4.69, 9.17) is 5.11 Å². The maximum Gasteiger partial charge on any atom is 0.372 e. The van der Waals surface area contributed by atoms with E-state index in [9.17, 15) is 14.4 Å². The highest BCUT2D eigenvalue weighted by atomic mass is 32.1. The number of benzene rings is 1. The van der Waals surface area contributed by atoms with Gasteiger partial charge in [-0.3, -0.25) is 9.59 Å². The quantitative estimate of drug-likeness (QED) is 0.505. The molecular weight excluding hydrogens is 288 g/mol. The van der Waals surface area contributed by atoms with Crippen LogP contribution in [0.2, 0.25) is 0 Å². The number of carboxylic acids is 1. The van der Waals surface area contributed by atoms with Crippen LogP contribution in [-0.4, -0.2) is 22.6 Å². The summed E-state index contributed by atoms with van der Waals surface area (Å²) in [6.07, 6.45) is 0.177. The molecule has 1 heterocycles. The summed E-state index contributed by atoms with van der Waals surface area (Å²) in [4.78, 5) is 35.4. The van der Waals surface area contributed by atoms with Gasteiger partial charge in [0.05, 0.1) is 10.8 Å². The van der Waals surface area contributed by atoms with Gasteiger partial charge in [0, 0.05) is 5.56 Å². The smallest absolute Gasteiger partial charge is 0.372 e. The van der Waals surface area contributed by atoms with Gasteiger partial charge in [-0.05, 0) is 23.4 Å². The molecule has 0 saturated heterocycles. The molecule has 0 radical (unpaired) electrons. The fourth-order valence-electron chi connectivity index (χ4n) is 2.14. The Kier molecular flexibility index (Phi) is 4.65. The van der Waals surface area contributed by atoms with Gasteiger partial charge in [-0.15, -0.1) is 11.3 Å². The van der Waals surface area contributed by atoms with Crippen molar-refractivity contribution in [3.05, 3.63) is 46.7 Å². The molecule has 0 saturated carbocycles. The zero-order valence-corrected chi connectivity index (χ0v) is 12.2. The third-order valence-corrected chi connectivity index (χ3v) is 4.15. The number of thiophene rings is 1. The molecule has 108 valence electrons. The standard InChI is InChI=1S/C16H14O4S/c1-2-11(14(18)16(19)20)13(17)15-12(8-9-21-15)10-6-4-3-5-7-10/h3-9,11H,2H2,1H3,(H,19,20). The zero-order chi connectivity index (χ0) is 15.4. The highest BCUT2D eigenvalue weighted by Gasteiger charge is 2.32. The third-order valence-electron chi connectivity index (χ3n) is 3.23. The van der Waals surface area contributed by atoms with Crippen LogP contribution in [0.5, 0.6) is 0 Å². The van der Waals surface area contributed by atoms with Gasteiger partial charge < -0.3 is 5.11 Å². The van der Waals surface area contributed by atoms with Crippen LogP contribution in [0.15, 0.2) is 41.8 Å². The Bertz CT molecular complexity index is 673. The second kappa shape index (κ2) is 6.45. The summed E-state index contributed by atoms with van der Waals surface area (Å²) in [7, 11) is 0. The van der Waals surface area contributed by atoms with Gasteiger partial charge >= 0.3 is 5.97 Å². The summed E-state index contributed by atoms with van der Waals surface area (Å²) >= 11 is 1.23. The second-order valence-corrected chi connectivity index (χ2v) is 5.44. The molecule has 5 heteroatoms. The Morgan fingerprint density at radius 3 is 2.38 bits per heavy atom. The molecule has 2 rings (SSSR count). The molecule has 1 unspecified atom stereocenters. The van der Waals surface area contributed by atoms with Crippen LogP contribution in [0.25, 0.3) is 11.1 Å². The van der Waals surface area contributed by atoms with Gasteiger partial charge in [0.15, 0.2) is 5.78 Å². The number of hydrogen-bond donors (Lipinski definition) is 1. The second-order valence-electron chi connectivity index (χ2n) is 4.52. The monoisotopic (exact) mass is 302 g/mol. The lowest BCUT2D eigenvalue weighted by Gasteiger charge is -2.10. The maximum absolute atomic E-state index is 12.5. The van der Waals surface area contributed by atoms with Gasteiger partial charge in [-0.2, -0.15) is 0 Å². The van der Waals surface area contributed by atoms with Crippen LogP contribution in [0.3, 0.4) is 0 Å². The van der Waals surface area contributed by atoms with Crippen LogP contribution in [0.1, 0.15) is 23.0 Å². The van der Waals surface area contributed by atoms with Crippen LogP contribution in [0, 0.1) is 5.92 Å². The topological polar surface area (TPSA) is 71.4 Å². The molecule has 1 aromatic carbocycles. The van der Waals surface area contributed by atoms with Gasteiger partial charge in [0.2, 0.25) is 0 Å². The van der Waals surface area contributed by atoms with Crippen molar-refractivity contribution in [2.24, 2.45) is 5.92 Å². The molecule has 0 spiro atoms. The first-order chi connectivity index (χ1) is 10.1. The van der Waals surface area contributed by atoms with Gasteiger partial charge in [0.1, 0.15) is 0 Å². The summed E-state index contributed by atoms with van der Waals surface area (Å²) in [5.74, 6) is -4.15. The Labute approximate surface area is 126 Å². The lowest BCUT2D eigenvalue weighted by molar-refractivity contribution is -0.150. The van der Waals surface area contributed by atoms with E-state index in [0.29, 0.717) is 4.88 Å². The highest BCUT2D eigenvalue weighted by molar-refractivity contribution is 7.12. The average Bonchev–Trinajstić information content (AvgIpc) is 2.98. The van der Waals surface area contributed by atoms with Crippen molar-refractivity contribution in [3.63, 3.8) is 0 Å². The summed E-state index contributed by atoms with van der Waals surface area (Å²) in [5.41, 5.74) is 1.61. The molecule has 1 N–H and O–H groups in total. The number of carbonyl (C=O) groups is 3. The number of aliphatic carboxylic acids is 1. The lowest BCUT2D eigenvalue weighted by atomic mass is 9.92. The molecule has 21 heavy (non-hydrogen) atoms. The summed E-state index contributed by atoms with van der Waals surface area (Å²) < 4.78 is 0. The van der Waals surface area contributed by atoms with Crippen LogP contribution < -0.4 is 0 Å². The first-order valence-corrected chi connectivity index (χ1v) is 7.38. The number of Topliss-reactive ketones (excluding diaryl/α,β-unsaturated/α-hetero) is 2. The molecule has 0 aliphatic heterocycles. The number of carboxylic acid groups (broad SMARTS) is 1. The first kappa shape index (κ1) is 15.1. The Balaban J connectivity index is 2.39. The summed E-state index contributed by atoms with van der Waals surface area (Å²) in [6.45, 7) is 1.64. The van der Waals surface area contributed by atoms with E-state index in [0.717, 1.165) is 11.1 Å². The lowest BCUT2D eigenvalue weighted by Crippen LogP contribution is -2.29. The number of hydrogen-bond acceptors (Lipinski definition) is 4. The predicted molar refractivity (Wildman–Crippen MR) is 80.5 cm³/mol. The number of ketones is 2. The first-order valence-electron chi connectivity index (χ1n) is 6.50. The minimum Gasteiger partial charge on any atom is -0.475 e. The van der Waals surface area contributed by atoms with Gasteiger partial charge in [-0.1, -0.05) is 37.3 Å². The van der Waals surface area contributed by atoms with Crippen LogP contribution in [-0.2, 0) is 9.59 Å². The number of rotatable bonds is 6. The number of carbonyl (C=O) groups excluding carboxylic acids is 2. The molecule has 0 aliphatic carbocycles. The summed E-state index contributed by atoms with van der Waals surface area (Å²) in [5, 5.41) is 10.6. The van der Waals surface area contributed by atoms with E-state index in [1.54, 1.807) is 12.3 Å². The van der Waals surface area contributed by atoms with E-state index in [1.165, 1.54) is 11.3 Å². The van der Waals surface area contributed by atoms with E-state index < -0.39 is 23.5 Å². The van der Waals surface area contributed by atoms with E-state index >= 15 is 0 Å². The van der Waals surface area contributed by atoms with Gasteiger partial charge in [-0.25, -0.2) is 4.79 Å². The largest absolute Gasteiger partial charge is 0.475 e.